The first kappa shape index (κ1) is 16.2. The number of hydrogen-bond donors (Lipinski definition) is 0. The minimum Gasteiger partial charge on any atom is -0.293 e. The molecule has 0 saturated carbocycles. The molecule has 132 valence electrons. The number of carbonyl (C=O) groups is 2. The van der Waals surface area contributed by atoms with Gasteiger partial charge in [-0.3, -0.25) is 9.59 Å². The van der Waals surface area contributed by atoms with Crippen molar-refractivity contribution in [1.82, 2.24) is 0 Å². The predicted molar refractivity (Wildman–Crippen MR) is 105 cm³/mol. The number of carbonyl (C=O) groups excluding carboxylic acids is 2. The van der Waals surface area contributed by atoms with E-state index in [1.54, 1.807) is 12.1 Å². The van der Waals surface area contributed by atoms with Crippen molar-refractivity contribution in [2.45, 2.75) is 24.7 Å². The van der Waals surface area contributed by atoms with Crippen LogP contribution in [-0.2, 0) is 6.42 Å². The Balaban J connectivity index is 1.67. The van der Waals surface area contributed by atoms with E-state index in [9.17, 15) is 9.59 Å². The fourth-order valence-corrected chi connectivity index (χ4v) is 4.97. The second kappa shape index (κ2) is 6.31. The molecule has 0 unspecified atom stereocenters. The quantitative estimate of drug-likeness (QED) is 0.594. The zero-order chi connectivity index (χ0) is 18.4. The molecule has 0 radical (unpaired) electrons. The molecule has 0 aliphatic heterocycles. The van der Waals surface area contributed by atoms with Crippen LogP contribution in [0.2, 0.25) is 0 Å². The Morgan fingerprint density at radius 3 is 1.96 bits per heavy atom. The maximum Gasteiger partial charge on any atom is 0.175 e. The first-order valence-corrected chi connectivity index (χ1v) is 9.56. The van der Waals surface area contributed by atoms with Crippen LogP contribution in [-0.4, -0.2) is 11.6 Å². The van der Waals surface area contributed by atoms with E-state index in [0.717, 1.165) is 18.4 Å². The summed E-state index contributed by atoms with van der Waals surface area (Å²) in [6.45, 7) is 0. The summed E-state index contributed by atoms with van der Waals surface area (Å²) in [4.78, 5) is 26.5. The number of hydrogen-bond acceptors (Lipinski definition) is 2. The molecule has 0 spiro atoms. The summed E-state index contributed by atoms with van der Waals surface area (Å²) in [5.74, 6) is -0.580. The van der Waals surface area contributed by atoms with Gasteiger partial charge < -0.3 is 0 Å². The van der Waals surface area contributed by atoms with Crippen molar-refractivity contribution in [3.63, 3.8) is 0 Å². The van der Waals surface area contributed by atoms with Gasteiger partial charge in [0.1, 0.15) is 0 Å². The topological polar surface area (TPSA) is 34.1 Å². The molecule has 0 bridgehead atoms. The molecule has 5 rings (SSSR count). The van der Waals surface area contributed by atoms with Gasteiger partial charge in [0.15, 0.2) is 11.6 Å². The Morgan fingerprint density at radius 1 is 0.667 bits per heavy atom. The number of aryl methyl sites for hydroxylation is 1. The highest BCUT2D eigenvalue weighted by molar-refractivity contribution is 6.27. The van der Waals surface area contributed by atoms with Crippen molar-refractivity contribution >= 4 is 11.6 Å². The number of rotatable bonds is 2. The van der Waals surface area contributed by atoms with E-state index in [4.69, 9.17) is 0 Å². The molecule has 0 N–H and O–H groups in total. The summed E-state index contributed by atoms with van der Waals surface area (Å²) in [7, 11) is 0. The lowest BCUT2D eigenvalue weighted by atomic mass is 9.66. The van der Waals surface area contributed by atoms with Gasteiger partial charge in [0.2, 0.25) is 0 Å². The van der Waals surface area contributed by atoms with E-state index in [2.05, 4.69) is 24.3 Å². The highest BCUT2D eigenvalue weighted by Gasteiger charge is 2.48. The molecule has 3 aromatic rings. The molecule has 3 aromatic carbocycles. The largest absolute Gasteiger partial charge is 0.293 e. The van der Waals surface area contributed by atoms with Crippen molar-refractivity contribution < 1.29 is 9.59 Å². The average Bonchev–Trinajstić information content (AvgIpc) is 2.98. The van der Waals surface area contributed by atoms with Crippen molar-refractivity contribution in [2.24, 2.45) is 5.92 Å². The van der Waals surface area contributed by atoms with Gasteiger partial charge in [-0.15, -0.1) is 0 Å². The van der Waals surface area contributed by atoms with Crippen LogP contribution in [0, 0.1) is 5.92 Å². The highest BCUT2D eigenvalue weighted by atomic mass is 16.2. The molecule has 2 aliphatic rings. The Morgan fingerprint density at radius 2 is 1.26 bits per heavy atom. The molecule has 0 fully saturated rings. The molecule has 2 atom stereocenters. The zero-order valence-electron chi connectivity index (χ0n) is 15.0. The van der Waals surface area contributed by atoms with Gasteiger partial charge in [-0.2, -0.15) is 0 Å². The molecule has 0 aromatic heterocycles. The molecule has 2 nitrogen and oxygen atoms in total. The van der Waals surface area contributed by atoms with Gasteiger partial charge in [0.05, 0.1) is 5.92 Å². The first-order valence-electron chi connectivity index (χ1n) is 9.56. The summed E-state index contributed by atoms with van der Waals surface area (Å²) < 4.78 is 0. The van der Waals surface area contributed by atoms with Crippen LogP contribution in [0.5, 0.6) is 0 Å². The SMILES string of the molecule is O=C1c2ccccc2C(=O)C1[C@H]1c2ccccc2CC[C@H]1c1ccccc1. The Bertz CT molecular complexity index is 1000. The lowest BCUT2D eigenvalue weighted by Crippen LogP contribution is -2.32. The second-order valence-electron chi connectivity index (χ2n) is 7.53. The van der Waals surface area contributed by atoms with Crippen LogP contribution >= 0.6 is 0 Å². The van der Waals surface area contributed by atoms with Crippen LogP contribution in [0.4, 0.5) is 0 Å². The molecule has 27 heavy (non-hydrogen) atoms. The molecular weight excluding hydrogens is 332 g/mol. The van der Waals surface area contributed by atoms with Crippen molar-refractivity contribution in [1.29, 1.82) is 0 Å². The fraction of sp³-hybridized carbons (Fsp3) is 0.200. The third-order valence-electron chi connectivity index (χ3n) is 6.18. The third-order valence-corrected chi connectivity index (χ3v) is 6.18. The van der Waals surface area contributed by atoms with E-state index in [1.165, 1.54) is 11.1 Å². The van der Waals surface area contributed by atoms with Gasteiger partial charge in [-0.1, -0.05) is 78.9 Å². The van der Waals surface area contributed by atoms with Crippen LogP contribution in [0.25, 0.3) is 0 Å². The van der Waals surface area contributed by atoms with Crippen LogP contribution < -0.4 is 0 Å². The summed E-state index contributed by atoms with van der Waals surface area (Å²) >= 11 is 0. The Labute approximate surface area is 158 Å². The Hall–Kier alpha value is -3.00. The molecule has 0 saturated heterocycles. The van der Waals surface area contributed by atoms with Gasteiger partial charge in [-0.05, 0) is 35.4 Å². The van der Waals surface area contributed by atoms with Crippen molar-refractivity contribution in [3.05, 3.63) is 107 Å². The van der Waals surface area contributed by atoms with E-state index in [-0.39, 0.29) is 23.4 Å². The van der Waals surface area contributed by atoms with E-state index < -0.39 is 5.92 Å². The second-order valence-corrected chi connectivity index (χ2v) is 7.53. The number of ketones is 2. The van der Waals surface area contributed by atoms with E-state index in [0.29, 0.717) is 11.1 Å². The van der Waals surface area contributed by atoms with Crippen LogP contribution in [0.1, 0.15) is 55.7 Å². The van der Waals surface area contributed by atoms with E-state index >= 15 is 0 Å². The lowest BCUT2D eigenvalue weighted by molar-refractivity contribution is 0.0800. The summed E-state index contributed by atoms with van der Waals surface area (Å²) in [6.07, 6.45) is 1.94. The smallest absolute Gasteiger partial charge is 0.175 e. The first-order chi connectivity index (χ1) is 13.3. The minimum atomic E-state index is -0.617. The zero-order valence-corrected chi connectivity index (χ0v) is 15.0. The van der Waals surface area contributed by atoms with Gasteiger partial charge in [-0.25, -0.2) is 0 Å². The van der Waals surface area contributed by atoms with Crippen molar-refractivity contribution in [3.8, 4) is 0 Å². The Kier molecular flexibility index (Phi) is 3.78. The predicted octanol–water partition coefficient (Wildman–Crippen LogP) is 5.20. The monoisotopic (exact) mass is 352 g/mol. The molecular formula is C25H20O2. The van der Waals surface area contributed by atoms with E-state index in [1.807, 2.05) is 42.5 Å². The number of Topliss-reactive ketones (excluding diaryl/α,β-unsaturated/α-hetero) is 2. The van der Waals surface area contributed by atoms with Gasteiger partial charge >= 0.3 is 0 Å². The van der Waals surface area contributed by atoms with Gasteiger partial charge in [0, 0.05) is 17.0 Å². The number of benzene rings is 3. The minimum absolute atomic E-state index is 0.0155. The normalized spacial score (nSPS) is 21.8. The molecule has 0 heterocycles. The summed E-state index contributed by atoms with van der Waals surface area (Å²) in [5.41, 5.74) is 4.82. The average molecular weight is 352 g/mol. The molecule has 0 amide bonds. The third kappa shape index (κ3) is 2.48. The van der Waals surface area contributed by atoms with Crippen LogP contribution in [0.3, 0.4) is 0 Å². The fourth-order valence-electron chi connectivity index (χ4n) is 4.97. The van der Waals surface area contributed by atoms with Gasteiger partial charge in [0.25, 0.3) is 0 Å². The van der Waals surface area contributed by atoms with Crippen molar-refractivity contribution in [2.75, 3.05) is 0 Å². The highest BCUT2D eigenvalue weighted by Crippen LogP contribution is 2.49. The summed E-state index contributed by atoms with van der Waals surface area (Å²) in [5, 5.41) is 0. The maximum atomic E-state index is 13.3. The maximum absolute atomic E-state index is 13.3. The lowest BCUT2D eigenvalue weighted by Gasteiger charge is -2.36. The summed E-state index contributed by atoms with van der Waals surface area (Å²) in [6, 6.07) is 25.9. The molecule has 2 heteroatoms. The standard InChI is InChI=1S/C25H20O2/c26-24-20-12-6-7-13-21(20)25(27)23(24)22-18-11-5-4-10-17(18)14-15-19(22)16-8-2-1-3-9-16/h1-13,19,22-23H,14-15H2/t19-,22-/m0/s1. The molecule has 2 aliphatic carbocycles. The number of fused-ring (bicyclic) bond motifs is 2. The van der Waals surface area contributed by atoms with Crippen LogP contribution in [0.15, 0.2) is 78.9 Å².